The van der Waals surface area contributed by atoms with Crippen molar-refractivity contribution >= 4 is 17.6 Å². The molecule has 0 aromatic heterocycles. The molecule has 8 heteroatoms. The highest BCUT2D eigenvalue weighted by atomic mass is 19.4. The number of benzene rings is 2. The lowest BCUT2D eigenvalue weighted by atomic mass is 9.93. The maximum Gasteiger partial charge on any atom is 0.432 e. The standard InChI is InChI=1S/C19H18F3NO4/c1-3-27-17(25)18(26,19(20,21)22)14-8-10-15(11-9-14)23-16(24)13-6-4-12(2)5-7-13/h4-11,26H,3H2,1-2H3,(H,23,24)/t18-/m1/s1. The molecule has 0 heterocycles. The van der Waals surface area contributed by atoms with Crippen LogP contribution in [0.25, 0.3) is 0 Å². The van der Waals surface area contributed by atoms with Crippen molar-refractivity contribution in [1.29, 1.82) is 0 Å². The monoisotopic (exact) mass is 381 g/mol. The molecule has 0 bridgehead atoms. The van der Waals surface area contributed by atoms with E-state index in [4.69, 9.17) is 0 Å². The van der Waals surface area contributed by atoms with Crippen LogP contribution in [0, 0.1) is 6.92 Å². The Kier molecular flexibility index (Phi) is 5.90. The summed E-state index contributed by atoms with van der Waals surface area (Å²) in [6.07, 6.45) is -5.27. The molecule has 0 unspecified atom stereocenters. The average Bonchev–Trinajstić information content (AvgIpc) is 2.61. The Balaban J connectivity index is 2.25. The molecule has 2 N–H and O–H groups in total. The van der Waals surface area contributed by atoms with E-state index >= 15 is 0 Å². The zero-order chi connectivity index (χ0) is 20.2. The number of carbonyl (C=O) groups excluding carboxylic acids is 2. The van der Waals surface area contributed by atoms with Gasteiger partial charge < -0.3 is 15.2 Å². The molecule has 1 amide bonds. The van der Waals surface area contributed by atoms with Crippen LogP contribution < -0.4 is 5.32 Å². The van der Waals surface area contributed by atoms with Crippen LogP contribution in [0.1, 0.15) is 28.4 Å². The van der Waals surface area contributed by atoms with E-state index in [2.05, 4.69) is 10.1 Å². The molecule has 2 aromatic carbocycles. The lowest BCUT2D eigenvalue weighted by Crippen LogP contribution is -2.50. The van der Waals surface area contributed by atoms with Gasteiger partial charge in [0.1, 0.15) is 0 Å². The molecule has 5 nitrogen and oxygen atoms in total. The van der Waals surface area contributed by atoms with E-state index in [-0.39, 0.29) is 12.3 Å². The van der Waals surface area contributed by atoms with Gasteiger partial charge in [-0.1, -0.05) is 29.8 Å². The number of aliphatic hydroxyl groups is 1. The van der Waals surface area contributed by atoms with Crippen molar-refractivity contribution in [2.24, 2.45) is 0 Å². The van der Waals surface area contributed by atoms with E-state index in [9.17, 15) is 27.9 Å². The molecule has 0 aliphatic heterocycles. The number of carbonyl (C=O) groups is 2. The number of amides is 1. The van der Waals surface area contributed by atoms with Gasteiger partial charge >= 0.3 is 12.1 Å². The third kappa shape index (κ3) is 4.28. The molecule has 27 heavy (non-hydrogen) atoms. The highest BCUT2D eigenvalue weighted by Gasteiger charge is 2.62. The fraction of sp³-hybridized carbons (Fsp3) is 0.263. The first-order valence-corrected chi connectivity index (χ1v) is 8.04. The molecule has 0 fully saturated rings. The van der Waals surface area contributed by atoms with Gasteiger partial charge in [0.05, 0.1) is 6.61 Å². The number of ether oxygens (including phenoxy) is 1. The average molecular weight is 381 g/mol. The highest BCUT2D eigenvalue weighted by Crippen LogP contribution is 2.40. The molecule has 0 aliphatic carbocycles. The first-order valence-electron chi connectivity index (χ1n) is 8.04. The minimum absolute atomic E-state index is 0.206. The summed E-state index contributed by atoms with van der Waals surface area (Å²) < 4.78 is 44.3. The first-order chi connectivity index (χ1) is 12.6. The first kappa shape index (κ1) is 20.4. The summed E-state index contributed by atoms with van der Waals surface area (Å²) in [4.78, 5) is 23.9. The molecule has 0 aliphatic rings. The van der Waals surface area contributed by atoms with E-state index in [1.807, 2.05) is 6.92 Å². The van der Waals surface area contributed by atoms with Gasteiger partial charge in [0.2, 0.25) is 0 Å². The number of alkyl halides is 3. The largest absolute Gasteiger partial charge is 0.463 e. The number of hydrogen-bond donors (Lipinski definition) is 2. The predicted octanol–water partition coefficient (Wildman–Crippen LogP) is 3.56. The quantitative estimate of drug-likeness (QED) is 0.777. The van der Waals surface area contributed by atoms with Gasteiger partial charge in [-0.05, 0) is 38.1 Å². The molecule has 0 saturated carbocycles. The van der Waals surface area contributed by atoms with Crippen molar-refractivity contribution in [1.82, 2.24) is 0 Å². The number of anilines is 1. The van der Waals surface area contributed by atoms with Crippen LogP contribution in [0.4, 0.5) is 18.9 Å². The van der Waals surface area contributed by atoms with Gasteiger partial charge in [0.15, 0.2) is 0 Å². The van der Waals surface area contributed by atoms with E-state index in [1.54, 1.807) is 24.3 Å². The second-order valence-corrected chi connectivity index (χ2v) is 5.83. The fourth-order valence-electron chi connectivity index (χ4n) is 2.34. The Morgan fingerprint density at radius 2 is 1.59 bits per heavy atom. The topological polar surface area (TPSA) is 75.6 Å². The van der Waals surface area contributed by atoms with Crippen molar-refractivity contribution in [3.8, 4) is 0 Å². The van der Waals surface area contributed by atoms with Crippen molar-refractivity contribution in [3.05, 3.63) is 65.2 Å². The van der Waals surface area contributed by atoms with Gasteiger partial charge in [0, 0.05) is 16.8 Å². The van der Waals surface area contributed by atoms with Gasteiger partial charge in [0.25, 0.3) is 11.5 Å². The van der Waals surface area contributed by atoms with Crippen LogP contribution in [0.5, 0.6) is 0 Å². The van der Waals surface area contributed by atoms with Crippen LogP contribution in [0.15, 0.2) is 48.5 Å². The van der Waals surface area contributed by atoms with Crippen LogP contribution in [0.2, 0.25) is 0 Å². The number of aryl methyl sites for hydroxylation is 1. The normalized spacial score (nSPS) is 13.6. The van der Waals surface area contributed by atoms with Crippen molar-refractivity contribution in [3.63, 3.8) is 0 Å². The second-order valence-electron chi connectivity index (χ2n) is 5.83. The Labute approximate surface area is 153 Å². The summed E-state index contributed by atoms with van der Waals surface area (Å²) in [5, 5.41) is 12.5. The smallest absolute Gasteiger partial charge is 0.432 e. The molecular weight excluding hydrogens is 363 g/mol. The molecule has 1 atom stereocenters. The van der Waals surface area contributed by atoms with E-state index < -0.39 is 29.2 Å². The molecule has 0 radical (unpaired) electrons. The van der Waals surface area contributed by atoms with Gasteiger partial charge in [-0.15, -0.1) is 0 Å². The second kappa shape index (κ2) is 7.79. The van der Waals surface area contributed by atoms with E-state index in [0.29, 0.717) is 5.56 Å². The minimum atomic E-state index is -5.27. The number of halogens is 3. The third-order valence-electron chi connectivity index (χ3n) is 3.86. The predicted molar refractivity (Wildman–Crippen MR) is 92.2 cm³/mol. The summed E-state index contributed by atoms with van der Waals surface area (Å²) in [6.45, 7) is 2.88. The minimum Gasteiger partial charge on any atom is -0.463 e. The Bertz CT molecular complexity index is 816. The molecule has 2 aromatic rings. The summed E-state index contributed by atoms with van der Waals surface area (Å²) in [5.41, 5.74) is -2.94. The van der Waals surface area contributed by atoms with Crippen molar-refractivity contribution in [2.75, 3.05) is 11.9 Å². The summed E-state index contributed by atoms with van der Waals surface area (Å²) in [7, 11) is 0. The molecule has 144 valence electrons. The number of hydrogen-bond acceptors (Lipinski definition) is 4. The zero-order valence-corrected chi connectivity index (χ0v) is 14.6. The maximum absolute atomic E-state index is 13.3. The summed E-state index contributed by atoms with van der Waals surface area (Å²) in [6, 6.07) is 10.9. The van der Waals surface area contributed by atoms with Gasteiger partial charge in [-0.25, -0.2) is 4.79 Å². The lowest BCUT2D eigenvalue weighted by Gasteiger charge is -2.28. The van der Waals surface area contributed by atoms with Crippen LogP contribution in [-0.2, 0) is 15.1 Å². The molecule has 0 saturated heterocycles. The van der Waals surface area contributed by atoms with Crippen molar-refractivity contribution < 1.29 is 32.6 Å². The number of nitrogens with one attached hydrogen (secondary N) is 1. The van der Waals surface area contributed by atoms with E-state index in [0.717, 1.165) is 29.8 Å². The summed E-state index contributed by atoms with van der Waals surface area (Å²) >= 11 is 0. The summed E-state index contributed by atoms with van der Waals surface area (Å²) in [5.74, 6) is -2.26. The van der Waals surface area contributed by atoms with E-state index in [1.165, 1.54) is 6.92 Å². The third-order valence-corrected chi connectivity index (χ3v) is 3.86. The lowest BCUT2D eigenvalue weighted by molar-refractivity contribution is -0.267. The molecule has 2 rings (SSSR count). The van der Waals surface area contributed by atoms with Crippen LogP contribution in [-0.4, -0.2) is 29.8 Å². The van der Waals surface area contributed by atoms with Crippen molar-refractivity contribution in [2.45, 2.75) is 25.6 Å². The number of esters is 1. The SMILES string of the molecule is CCOC(=O)[C@](O)(c1ccc(NC(=O)c2ccc(C)cc2)cc1)C(F)(F)F. The zero-order valence-electron chi connectivity index (χ0n) is 14.6. The van der Waals surface area contributed by atoms with Gasteiger partial charge in [-0.2, -0.15) is 13.2 Å². The fourth-order valence-corrected chi connectivity index (χ4v) is 2.34. The van der Waals surface area contributed by atoms with Crippen LogP contribution in [0.3, 0.4) is 0 Å². The Morgan fingerprint density at radius 1 is 1.04 bits per heavy atom. The van der Waals surface area contributed by atoms with Gasteiger partial charge in [-0.3, -0.25) is 4.79 Å². The molecular formula is C19H18F3NO4. The van der Waals surface area contributed by atoms with Crippen LogP contribution >= 0.6 is 0 Å². The maximum atomic E-state index is 13.3. The Morgan fingerprint density at radius 3 is 2.07 bits per heavy atom. The Hall–Kier alpha value is -2.87. The molecule has 0 spiro atoms. The highest BCUT2D eigenvalue weighted by molar-refractivity contribution is 6.04. The number of rotatable bonds is 5.